The summed E-state index contributed by atoms with van der Waals surface area (Å²) in [7, 11) is 3.37. The van der Waals surface area contributed by atoms with Gasteiger partial charge in [-0.15, -0.1) is 0 Å². The lowest BCUT2D eigenvalue weighted by Crippen LogP contribution is -2.27. The van der Waals surface area contributed by atoms with E-state index in [1.807, 2.05) is 19.9 Å². The molecule has 222 valence electrons. The zero-order valence-electron chi connectivity index (χ0n) is 26.8. The van der Waals surface area contributed by atoms with Gasteiger partial charge in [-0.05, 0) is 70.4 Å². The lowest BCUT2D eigenvalue weighted by Gasteiger charge is -2.30. The average Bonchev–Trinajstić information content (AvgIpc) is 2.86. The lowest BCUT2D eigenvalue weighted by molar-refractivity contribution is 0.0835. The van der Waals surface area contributed by atoms with Crippen LogP contribution in [-0.4, -0.2) is 26.4 Å². The molecule has 3 unspecified atom stereocenters. The number of methoxy groups -OCH3 is 2. The molecule has 0 radical (unpaired) electrons. The minimum absolute atomic E-state index is 0.180. The first-order valence-electron chi connectivity index (χ1n) is 15.4. The molecule has 1 aromatic rings. The van der Waals surface area contributed by atoms with E-state index < -0.39 is 0 Å². The molecule has 3 atom stereocenters. The van der Waals surface area contributed by atoms with Crippen molar-refractivity contribution in [2.45, 2.75) is 125 Å². The Bertz CT molecular complexity index is 927. The molecule has 2 rings (SSSR count). The Labute approximate surface area is 240 Å². The Balaban J connectivity index is 1.79. The van der Waals surface area contributed by atoms with Crippen molar-refractivity contribution >= 4 is 6.08 Å². The van der Waals surface area contributed by atoms with Crippen LogP contribution >= 0.6 is 0 Å². The molecule has 0 saturated carbocycles. The van der Waals surface area contributed by atoms with Gasteiger partial charge in [0.05, 0.1) is 38.1 Å². The van der Waals surface area contributed by atoms with E-state index in [-0.39, 0.29) is 11.7 Å². The first kappa shape index (κ1) is 33.3. The smallest absolute Gasteiger partial charge is 0.139 e. The maximum Gasteiger partial charge on any atom is 0.139 e. The van der Waals surface area contributed by atoms with Crippen LogP contribution < -0.4 is 14.2 Å². The summed E-state index contributed by atoms with van der Waals surface area (Å²) < 4.78 is 24.0. The van der Waals surface area contributed by atoms with E-state index in [2.05, 4.69) is 59.8 Å². The SMILES string of the molecule is COc1cc2c(c(OC)c1C(C)OCC=C(C)CCCC(C)CCCC(C)CCCC(C)C)C=CC(C)(C)O2. The van der Waals surface area contributed by atoms with Crippen LogP contribution in [0.25, 0.3) is 6.08 Å². The van der Waals surface area contributed by atoms with E-state index in [9.17, 15) is 0 Å². The second-order valence-electron chi connectivity index (χ2n) is 12.9. The molecule has 1 aliphatic rings. The molecule has 0 fully saturated rings. The zero-order chi connectivity index (χ0) is 29.0. The Kier molecular flexibility index (Phi) is 14.0. The second-order valence-corrected chi connectivity index (χ2v) is 12.9. The van der Waals surface area contributed by atoms with Crippen LogP contribution in [0.4, 0.5) is 0 Å². The van der Waals surface area contributed by atoms with Crippen LogP contribution in [0.3, 0.4) is 0 Å². The van der Waals surface area contributed by atoms with Gasteiger partial charge in [0.15, 0.2) is 0 Å². The lowest BCUT2D eigenvalue weighted by atomic mass is 9.91. The van der Waals surface area contributed by atoms with Crippen molar-refractivity contribution in [3.8, 4) is 17.2 Å². The van der Waals surface area contributed by atoms with E-state index in [1.165, 1.54) is 56.9 Å². The van der Waals surface area contributed by atoms with Gasteiger partial charge in [0, 0.05) is 6.07 Å². The van der Waals surface area contributed by atoms with Crippen molar-refractivity contribution in [3.63, 3.8) is 0 Å². The summed E-state index contributed by atoms with van der Waals surface area (Å²) in [6.07, 6.45) is 18.2. The van der Waals surface area contributed by atoms with E-state index >= 15 is 0 Å². The van der Waals surface area contributed by atoms with Crippen molar-refractivity contribution in [3.05, 3.63) is 34.9 Å². The highest BCUT2D eigenvalue weighted by Crippen LogP contribution is 2.46. The molecule has 0 aromatic heterocycles. The Morgan fingerprint density at radius 1 is 0.897 bits per heavy atom. The maximum absolute atomic E-state index is 6.26. The van der Waals surface area contributed by atoms with Crippen LogP contribution in [-0.2, 0) is 4.74 Å². The third-order valence-electron chi connectivity index (χ3n) is 8.06. The summed E-state index contributed by atoms with van der Waals surface area (Å²) >= 11 is 0. The highest BCUT2D eigenvalue weighted by Gasteiger charge is 2.29. The molecule has 1 aliphatic heterocycles. The topological polar surface area (TPSA) is 36.9 Å². The third kappa shape index (κ3) is 11.2. The first-order chi connectivity index (χ1) is 18.5. The Morgan fingerprint density at radius 3 is 2.10 bits per heavy atom. The van der Waals surface area contributed by atoms with Gasteiger partial charge in [0.1, 0.15) is 22.8 Å². The molecule has 0 aliphatic carbocycles. The molecular formula is C35H58O4. The van der Waals surface area contributed by atoms with Gasteiger partial charge in [-0.2, -0.15) is 0 Å². The molecule has 1 aromatic carbocycles. The normalized spacial score (nSPS) is 16.9. The van der Waals surface area contributed by atoms with Gasteiger partial charge in [-0.3, -0.25) is 0 Å². The molecule has 4 heteroatoms. The summed E-state index contributed by atoms with van der Waals surface area (Å²) in [5.74, 6) is 4.78. The minimum atomic E-state index is -0.363. The van der Waals surface area contributed by atoms with Gasteiger partial charge in [0.25, 0.3) is 0 Å². The number of benzene rings is 1. The highest BCUT2D eigenvalue weighted by molar-refractivity contribution is 5.72. The third-order valence-corrected chi connectivity index (χ3v) is 8.06. The standard InChI is InChI=1S/C35H58O4/c1-25(2)14-11-15-26(3)16-12-17-27(4)18-13-19-28(5)21-23-38-29(6)33-32(36-9)24-31-30(34(33)37-10)20-22-35(7,8)39-31/h20-22,24-27,29H,11-19,23H2,1-10H3. The summed E-state index contributed by atoms with van der Waals surface area (Å²) in [4.78, 5) is 0. The van der Waals surface area contributed by atoms with Gasteiger partial charge >= 0.3 is 0 Å². The molecule has 0 amide bonds. The number of ether oxygens (including phenoxy) is 4. The van der Waals surface area contributed by atoms with Crippen LogP contribution in [0.1, 0.15) is 130 Å². The molecule has 0 saturated heterocycles. The molecular weight excluding hydrogens is 484 g/mol. The number of hydrogen-bond acceptors (Lipinski definition) is 4. The van der Waals surface area contributed by atoms with Crippen molar-refractivity contribution < 1.29 is 18.9 Å². The number of allylic oxidation sites excluding steroid dienone is 1. The van der Waals surface area contributed by atoms with E-state index in [1.54, 1.807) is 14.2 Å². The van der Waals surface area contributed by atoms with Crippen LogP contribution in [0.2, 0.25) is 0 Å². The number of fused-ring (bicyclic) bond motifs is 1. The predicted molar refractivity (Wildman–Crippen MR) is 166 cm³/mol. The summed E-state index contributed by atoms with van der Waals surface area (Å²) in [5.41, 5.74) is 2.89. The summed E-state index contributed by atoms with van der Waals surface area (Å²) in [6.45, 7) is 18.4. The second kappa shape index (κ2) is 16.4. The largest absolute Gasteiger partial charge is 0.496 e. The molecule has 0 bridgehead atoms. The van der Waals surface area contributed by atoms with E-state index in [0.717, 1.165) is 52.5 Å². The molecule has 1 heterocycles. The van der Waals surface area contributed by atoms with Crippen LogP contribution in [0, 0.1) is 17.8 Å². The number of rotatable bonds is 18. The molecule has 0 spiro atoms. The van der Waals surface area contributed by atoms with Crippen molar-refractivity contribution in [1.29, 1.82) is 0 Å². The Hall–Kier alpha value is -1.94. The average molecular weight is 543 g/mol. The predicted octanol–water partition coefficient (Wildman–Crippen LogP) is 10.4. The first-order valence-corrected chi connectivity index (χ1v) is 15.4. The highest BCUT2D eigenvalue weighted by atomic mass is 16.5. The molecule has 0 N–H and O–H groups in total. The van der Waals surface area contributed by atoms with Gasteiger partial charge < -0.3 is 18.9 Å². The van der Waals surface area contributed by atoms with Crippen molar-refractivity contribution in [2.75, 3.05) is 20.8 Å². The van der Waals surface area contributed by atoms with Crippen molar-refractivity contribution in [1.82, 2.24) is 0 Å². The fourth-order valence-electron chi connectivity index (χ4n) is 5.49. The van der Waals surface area contributed by atoms with E-state index in [4.69, 9.17) is 18.9 Å². The fourth-order valence-corrected chi connectivity index (χ4v) is 5.49. The minimum Gasteiger partial charge on any atom is -0.496 e. The molecule has 4 nitrogen and oxygen atoms in total. The number of hydrogen-bond donors (Lipinski definition) is 0. The summed E-state index contributed by atoms with van der Waals surface area (Å²) in [6, 6.07) is 1.95. The quantitative estimate of drug-likeness (QED) is 0.173. The van der Waals surface area contributed by atoms with Crippen LogP contribution in [0.5, 0.6) is 17.2 Å². The van der Waals surface area contributed by atoms with Crippen molar-refractivity contribution in [2.24, 2.45) is 17.8 Å². The van der Waals surface area contributed by atoms with Gasteiger partial charge in [0.2, 0.25) is 0 Å². The van der Waals surface area contributed by atoms with Crippen LogP contribution in [0.15, 0.2) is 23.8 Å². The zero-order valence-corrected chi connectivity index (χ0v) is 26.8. The van der Waals surface area contributed by atoms with Gasteiger partial charge in [-0.1, -0.05) is 84.3 Å². The molecule has 39 heavy (non-hydrogen) atoms. The maximum atomic E-state index is 6.26. The van der Waals surface area contributed by atoms with Gasteiger partial charge in [-0.25, -0.2) is 0 Å². The van der Waals surface area contributed by atoms with E-state index in [0.29, 0.717) is 6.61 Å². The monoisotopic (exact) mass is 542 g/mol. The fraction of sp³-hybridized carbons (Fsp3) is 0.714. The summed E-state index contributed by atoms with van der Waals surface area (Å²) in [5, 5.41) is 0. The Morgan fingerprint density at radius 2 is 1.51 bits per heavy atom.